The molecule has 0 bridgehead atoms. The average Bonchev–Trinajstić information content (AvgIpc) is 2.89. The molecule has 2 aromatic heterocycles. The van der Waals surface area contributed by atoms with Crippen LogP contribution in [0.3, 0.4) is 0 Å². The van der Waals surface area contributed by atoms with Gasteiger partial charge in [0, 0.05) is 19.5 Å². The van der Waals surface area contributed by atoms with Gasteiger partial charge in [0.1, 0.15) is 0 Å². The molecule has 0 aliphatic carbocycles. The van der Waals surface area contributed by atoms with E-state index in [1.807, 2.05) is 6.92 Å². The normalized spacial score (nSPS) is 10.8. The van der Waals surface area contributed by atoms with Crippen molar-refractivity contribution in [2.45, 2.75) is 13.8 Å². The maximum absolute atomic E-state index is 12.5. The number of hydrogen-bond acceptors (Lipinski definition) is 5. The second-order valence-electron chi connectivity index (χ2n) is 6.22. The number of benzene rings is 1. The number of carbonyl (C=O) groups is 2. The molecule has 0 radical (unpaired) electrons. The van der Waals surface area contributed by atoms with Crippen molar-refractivity contribution in [1.82, 2.24) is 24.9 Å². The molecule has 0 saturated carbocycles. The van der Waals surface area contributed by atoms with Gasteiger partial charge in [-0.3, -0.25) is 19.1 Å². The van der Waals surface area contributed by atoms with Crippen LogP contribution in [0.4, 0.5) is 5.69 Å². The minimum Gasteiger partial charge on any atom is -0.342 e. The van der Waals surface area contributed by atoms with Gasteiger partial charge in [0.15, 0.2) is 5.69 Å². The van der Waals surface area contributed by atoms with E-state index >= 15 is 0 Å². The van der Waals surface area contributed by atoms with Crippen LogP contribution in [0.2, 0.25) is 0 Å². The van der Waals surface area contributed by atoms with Crippen LogP contribution < -0.4 is 16.2 Å². The summed E-state index contributed by atoms with van der Waals surface area (Å²) in [7, 11) is 3.27. The summed E-state index contributed by atoms with van der Waals surface area (Å²) in [6, 6.07) is 6.73. The summed E-state index contributed by atoms with van der Waals surface area (Å²) >= 11 is 0. The van der Waals surface area contributed by atoms with Crippen molar-refractivity contribution >= 4 is 28.3 Å². The van der Waals surface area contributed by atoms with Gasteiger partial charge in [0.05, 0.1) is 29.0 Å². The Morgan fingerprint density at radius 3 is 2.33 bits per heavy atom. The molecule has 1 aromatic carbocycles. The lowest BCUT2D eigenvalue weighted by molar-refractivity contribution is -0.115. The number of carbonyl (C=O) groups excluding carboxylic acids is 2. The second-order valence-corrected chi connectivity index (χ2v) is 6.22. The minimum absolute atomic E-state index is 0.0919. The molecule has 0 aliphatic rings. The third kappa shape index (κ3) is 3.43. The van der Waals surface area contributed by atoms with Crippen molar-refractivity contribution in [3.63, 3.8) is 0 Å². The molecule has 0 fully saturated rings. The number of amides is 2. The Hall–Kier alpha value is -3.49. The maximum atomic E-state index is 12.5. The first-order valence-electron chi connectivity index (χ1n) is 8.34. The summed E-state index contributed by atoms with van der Waals surface area (Å²) in [5.41, 5.74) is 1.94. The lowest BCUT2D eigenvalue weighted by Gasteiger charge is -2.09. The summed E-state index contributed by atoms with van der Waals surface area (Å²) in [6.07, 6.45) is 0. The van der Waals surface area contributed by atoms with Gasteiger partial charge in [-0.05, 0) is 19.9 Å². The number of hydrogen-bond donors (Lipinski definition) is 2. The van der Waals surface area contributed by atoms with E-state index in [4.69, 9.17) is 0 Å². The molecule has 0 spiro atoms. The standard InChI is InChI=1S/C18H20N6O3/c1-10-15(11(2)23(3)21-10)20-14(25)9-19-17(26)16-12-7-5-6-8-13(12)18(27)24(4)22-16/h5-8H,9H2,1-4H3,(H,19,26)(H,20,25). The van der Waals surface area contributed by atoms with E-state index < -0.39 is 5.91 Å². The number of rotatable bonds is 4. The van der Waals surface area contributed by atoms with Crippen molar-refractivity contribution < 1.29 is 9.59 Å². The van der Waals surface area contributed by atoms with Crippen molar-refractivity contribution in [3.8, 4) is 0 Å². The van der Waals surface area contributed by atoms with Crippen LogP contribution in [-0.2, 0) is 18.9 Å². The fourth-order valence-corrected chi connectivity index (χ4v) is 2.85. The Morgan fingerprint density at radius 2 is 1.70 bits per heavy atom. The molecule has 0 unspecified atom stereocenters. The Balaban J connectivity index is 1.77. The molecule has 27 heavy (non-hydrogen) atoms. The summed E-state index contributed by atoms with van der Waals surface area (Å²) in [4.78, 5) is 36.9. The molecule has 140 valence electrons. The Morgan fingerprint density at radius 1 is 1.04 bits per heavy atom. The number of nitrogens with one attached hydrogen (secondary N) is 2. The summed E-state index contributed by atoms with van der Waals surface area (Å²) in [6.45, 7) is 3.40. The van der Waals surface area contributed by atoms with Crippen LogP contribution in [0.1, 0.15) is 21.9 Å². The van der Waals surface area contributed by atoms with E-state index in [0.29, 0.717) is 22.2 Å². The fourth-order valence-electron chi connectivity index (χ4n) is 2.85. The van der Waals surface area contributed by atoms with Crippen LogP contribution in [0, 0.1) is 13.8 Å². The van der Waals surface area contributed by atoms with Crippen LogP contribution >= 0.6 is 0 Å². The van der Waals surface area contributed by atoms with E-state index in [2.05, 4.69) is 20.8 Å². The lowest BCUT2D eigenvalue weighted by Crippen LogP contribution is -2.35. The van der Waals surface area contributed by atoms with E-state index in [9.17, 15) is 14.4 Å². The molecule has 3 rings (SSSR count). The minimum atomic E-state index is -0.531. The van der Waals surface area contributed by atoms with Crippen LogP contribution in [0.25, 0.3) is 10.8 Å². The number of nitrogens with zero attached hydrogens (tertiary/aromatic N) is 4. The van der Waals surface area contributed by atoms with Gasteiger partial charge in [0.25, 0.3) is 11.5 Å². The highest BCUT2D eigenvalue weighted by atomic mass is 16.2. The first-order valence-corrected chi connectivity index (χ1v) is 8.34. The second kappa shape index (κ2) is 7.02. The molecule has 3 aromatic rings. The Kier molecular flexibility index (Phi) is 4.76. The third-order valence-corrected chi connectivity index (χ3v) is 4.35. The first kappa shape index (κ1) is 18.3. The molecular formula is C18H20N6O3. The smallest absolute Gasteiger partial charge is 0.274 e. The SMILES string of the molecule is Cc1nn(C)c(C)c1NC(=O)CNC(=O)c1nn(C)c(=O)c2ccccc12. The number of fused-ring (bicyclic) bond motifs is 1. The molecule has 0 saturated heterocycles. The monoisotopic (exact) mass is 368 g/mol. The zero-order valence-corrected chi connectivity index (χ0v) is 15.5. The average molecular weight is 368 g/mol. The zero-order chi connectivity index (χ0) is 19.7. The van der Waals surface area contributed by atoms with Crippen molar-refractivity contribution in [2.75, 3.05) is 11.9 Å². The van der Waals surface area contributed by atoms with Gasteiger partial charge in [-0.2, -0.15) is 10.2 Å². The van der Waals surface area contributed by atoms with Crippen LogP contribution in [-0.4, -0.2) is 37.9 Å². The number of anilines is 1. The number of aryl methyl sites for hydroxylation is 3. The molecule has 0 atom stereocenters. The van der Waals surface area contributed by atoms with Crippen molar-refractivity contribution in [3.05, 3.63) is 51.7 Å². The van der Waals surface area contributed by atoms with E-state index in [0.717, 1.165) is 10.4 Å². The number of aromatic nitrogens is 4. The summed E-state index contributed by atoms with van der Waals surface area (Å²) in [5.74, 6) is -0.909. The molecular weight excluding hydrogens is 348 g/mol. The van der Waals surface area contributed by atoms with Crippen molar-refractivity contribution in [2.24, 2.45) is 14.1 Å². The Labute approximate surface area is 155 Å². The van der Waals surface area contributed by atoms with E-state index in [1.165, 1.54) is 7.05 Å². The first-order chi connectivity index (χ1) is 12.8. The van der Waals surface area contributed by atoms with Gasteiger partial charge < -0.3 is 10.6 Å². The Bertz CT molecular complexity index is 1110. The zero-order valence-electron chi connectivity index (χ0n) is 15.5. The highest BCUT2D eigenvalue weighted by Gasteiger charge is 2.17. The van der Waals surface area contributed by atoms with Gasteiger partial charge in [-0.15, -0.1) is 0 Å². The topological polar surface area (TPSA) is 111 Å². The fraction of sp³-hybridized carbons (Fsp3) is 0.278. The third-order valence-electron chi connectivity index (χ3n) is 4.35. The van der Waals surface area contributed by atoms with Crippen molar-refractivity contribution in [1.29, 1.82) is 0 Å². The highest BCUT2D eigenvalue weighted by Crippen LogP contribution is 2.18. The highest BCUT2D eigenvalue weighted by molar-refractivity contribution is 6.06. The quantitative estimate of drug-likeness (QED) is 0.702. The molecule has 2 N–H and O–H groups in total. The largest absolute Gasteiger partial charge is 0.342 e. The summed E-state index contributed by atoms with van der Waals surface area (Å²) in [5, 5.41) is 14.4. The molecule has 9 heteroatoms. The van der Waals surface area contributed by atoms with Gasteiger partial charge in [-0.1, -0.05) is 18.2 Å². The van der Waals surface area contributed by atoms with Crippen LogP contribution in [0.5, 0.6) is 0 Å². The van der Waals surface area contributed by atoms with Gasteiger partial charge >= 0.3 is 0 Å². The summed E-state index contributed by atoms with van der Waals surface area (Å²) < 4.78 is 2.78. The molecule has 9 nitrogen and oxygen atoms in total. The predicted molar refractivity (Wildman–Crippen MR) is 101 cm³/mol. The van der Waals surface area contributed by atoms with Gasteiger partial charge in [-0.25, -0.2) is 4.68 Å². The predicted octanol–water partition coefficient (Wildman–Crippen LogP) is 0.652. The van der Waals surface area contributed by atoms with Gasteiger partial charge in [0.2, 0.25) is 5.91 Å². The van der Waals surface area contributed by atoms with E-state index in [1.54, 1.807) is 42.9 Å². The lowest BCUT2D eigenvalue weighted by atomic mass is 10.1. The van der Waals surface area contributed by atoms with E-state index in [-0.39, 0.29) is 23.7 Å². The maximum Gasteiger partial charge on any atom is 0.274 e. The molecule has 2 heterocycles. The molecule has 0 aliphatic heterocycles. The van der Waals surface area contributed by atoms with Crippen LogP contribution in [0.15, 0.2) is 29.1 Å². The molecule has 2 amide bonds.